The van der Waals surface area contributed by atoms with E-state index in [1.807, 2.05) is 0 Å². The number of furan rings is 1. The number of urea groups is 1. The first-order valence-electron chi connectivity index (χ1n) is 10.7. The molecule has 2 aromatic rings. The van der Waals surface area contributed by atoms with E-state index < -0.39 is 36.0 Å². The molecule has 1 spiro atoms. The fourth-order valence-electron chi connectivity index (χ4n) is 3.85. The Bertz CT molecular complexity index is 1100. The predicted molar refractivity (Wildman–Crippen MR) is 117 cm³/mol. The number of ether oxygens (including phenoxy) is 1. The number of halogens is 1. The van der Waals surface area contributed by atoms with Crippen molar-refractivity contribution in [3.63, 3.8) is 0 Å². The van der Waals surface area contributed by atoms with Crippen LogP contribution in [0.4, 0.5) is 10.7 Å². The summed E-state index contributed by atoms with van der Waals surface area (Å²) in [5, 5.41) is 6.13. The molecule has 2 aromatic heterocycles. The average Bonchev–Trinajstić information content (AvgIpc) is 3.42. The highest BCUT2D eigenvalue weighted by Crippen LogP contribution is 2.35. The fraction of sp³-hybridized carbons (Fsp3) is 0.429. The lowest BCUT2D eigenvalue weighted by molar-refractivity contribution is -0.141. The van der Waals surface area contributed by atoms with Crippen LogP contribution in [0.25, 0.3) is 0 Å². The van der Waals surface area contributed by atoms with Gasteiger partial charge in [0.05, 0.1) is 24.0 Å². The number of carbonyl (C=O) groups is 4. The van der Waals surface area contributed by atoms with Gasteiger partial charge in [-0.05, 0) is 43.7 Å². The maximum atomic E-state index is 12.8. The van der Waals surface area contributed by atoms with Crippen molar-refractivity contribution in [3.8, 4) is 0 Å². The first-order chi connectivity index (χ1) is 16.3. The molecule has 2 fully saturated rings. The zero-order chi connectivity index (χ0) is 24.3. The number of aromatic nitrogens is 2. The number of imide groups is 1. The van der Waals surface area contributed by atoms with E-state index in [4.69, 9.17) is 20.8 Å². The lowest BCUT2D eigenvalue weighted by Crippen LogP contribution is -2.52. The second-order valence-corrected chi connectivity index (χ2v) is 8.68. The summed E-state index contributed by atoms with van der Waals surface area (Å²) in [7, 11) is 0. The largest absolute Gasteiger partial charge is 0.467 e. The molecule has 13 heteroatoms. The first kappa shape index (κ1) is 23.5. The number of esters is 1. The lowest BCUT2D eigenvalue weighted by Gasteiger charge is -2.33. The molecule has 0 radical (unpaired) electrons. The molecule has 12 nitrogen and oxygen atoms in total. The van der Waals surface area contributed by atoms with Crippen molar-refractivity contribution in [2.24, 2.45) is 5.92 Å². The first-order valence-corrected chi connectivity index (χ1v) is 11.1. The van der Waals surface area contributed by atoms with Gasteiger partial charge in [-0.1, -0.05) is 18.5 Å². The van der Waals surface area contributed by atoms with Crippen LogP contribution >= 0.6 is 11.6 Å². The second-order valence-electron chi connectivity index (χ2n) is 8.27. The Labute approximate surface area is 199 Å². The van der Waals surface area contributed by atoms with Gasteiger partial charge in [0.2, 0.25) is 5.95 Å². The second kappa shape index (κ2) is 9.67. The molecule has 3 N–H and O–H groups in total. The van der Waals surface area contributed by atoms with E-state index in [2.05, 4.69) is 33.0 Å². The molecule has 0 aromatic carbocycles. The number of hydrogen-bond donors (Lipinski definition) is 3. The maximum Gasteiger partial charge on any atom is 0.359 e. The monoisotopic (exact) mass is 490 g/mol. The normalized spacial score (nSPS) is 21.9. The van der Waals surface area contributed by atoms with Gasteiger partial charge in [-0.25, -0.2) is 19.6 Å². The Kier molecular flexibility index (Phi) is 6.68. The van der Waals surface area contributed by atoms with E-state index in [0.717, 1.165) is 12.8 Å². The summed E-state index contributed by atoms with van der Waals surface area (Å²) in [6.45, 7) is 1.61. The molecule has 180 valence electrons. The molecule has 3 heterocycles. The van der Waals surface area contributed by atoms with E-state index in [9.17, 15) is 19.2 Å². The summed E-state index contributed by atoms with van der Waals surface area (Å²) in [5.74, 6) is -1.16. The molecule has 0 bridgehead atoms. The van der Waals surface area contributed by atoms with Crippen LogP contribution in [0.5, 0.6) is 0 Å². The third-order valence-electron chi connectivity index (χ3n) is 5.80. The number of nitrogens with zero attached hydrogens (tertiary/aromatic N) is 3. The van der Waals surface area contributed by atoms with Crippen molar-refractivity contribution < 1.29 is 28.3 Å². The van der Waals surface area contributed by atoms with Gasteiger partial charge >= 0.3 is 12.0 Å². The van der Waals surface area contributed by atoms with Gasteiger partial charge in [0.15, 0.2) is 12.3 Å². The van der Waals surface area contributed by atoms with Gasteiger partial charge < -0.3 is 19.8 Å². The average molecular weight is 491 g/mol. The van der Waals surface area contributed by atoms with Crippen LogP contribution in [0.3, 0.4) is 0 Å². The van der Waals surface area contributed by atoms with Gasteiger partial charge in [0.1, 0.15) is 11.3 Å². The molecule has 0 atom stereocenters. The van der Waals surface area contributed by atoms with Gasteiger partial charge in [-0.2, -0.15) is 5.01 Å². The summed E-state index contributed by atoms with van der Waals surface area (Å²) in [5.41, 5.74) is 0.945. The molecule has 4 rings (SSSR count). The summed E-state index contributed by atoms with van der Waals surface area (Å²) < 4.78 is 10.2. The predicted octanol–water partition coefficient (Wildman–Crippen LogP) is 2.02. The Morgan fingerprint density at radius 1 is 1.35 bits per heavy atom. The molecular weight excluding hydrogens is 468 g/mol. The summed E-state index contributed by atoms with van der Waals surface area (Å²) in [4.78, 5) is 57.8. The number of carbonyl (C=O) groups excluding carboxylic acids is 4. The van der Waals surface area contributed by atoms with Crippen LogP contribution < -0.4 is 16.1 Å². The number of anilines is 1. The van der Waals surface area contributed by atoms with Gasteiger partial charge in [0.25, 0.3) is 11.8 Å². The van der Waals surface area contributed by atoms with Crippen molar-refractivity contribution in [3.05, 3.63) is 41.1 Å². The number of rotatable bonds is 7. The molecule has 1 saturated heterocycles. The highest BCUT2D eigenvalue weighted by atomic mass is 35.5. The van der Waals surface area contributed by atoms with Crippen LogP contribution in [-0.2, 0) is 20.9 Å². The SMILES string of the molecule is CC1CCC2(CC1)NC(=O)N(NC(=O)COC(=O)c1nc(NCc3ccco3)ncc1Cl)C2=O. The Morgan fingerprint density at radius 2 is 2.12 bits per heavy atom. The van der Waals surface area contributed by atoms with Gasteiger partial charge in [-0.3, -0.25) is 15.0 Å². The molecule has 0 unspecified atom stereocenters. The molecule has 4 amide bonds. The number of hydrazine groups is 1. The quantitative estimate of drug-likeness (QED) is 0.390. The van der Waals surface area contributed by atoms with E-state index >= 15 is 0 Å². The molecule has 34 heavy (non-hydrogen) atoms. The van der Waals surface area contributed by atoms with Crippen LogP contribution in [-0.4, -0.2) is 50.9 Å². The topological polar surface area (TPSA) is 156 Å². The standard InChI is InChI=1S/C21H23ClN6O6/c1-12-4-6-21(7-5-12)18(31)28(20(32)26-21)27-15(29)11-34-17(30)16-14(22)10-24-19(25-16)23-9-13-3-2-8-33-13/h2-3,8,10,12H,4-7,9,11H2,1H3,(H,26,32)(H,27,29)(H,23,24,25). The van der Waals surface area contributed by atoms with Crippen LogP contribution in [0, 0.1) is 5.92 Å². The Balaban J connectivity index is 1.31. The number of nitrogens with one attached hydrogen (secondary N) is 3. The number of amides is 4. The van der Waals surface area contributed by atoms with Crippen LogP contribution in [0.2, 0.25) is 5.02 Å². The van der Waals surface area contributed by atoms with Crippen molar-refractivity contribution in [2.45, 2.75) is 44.7 Å². The third-order valence-corrected chi connectivity index (χ3v) is 6.08. The maximum absolute atomic E-state index is 12.8. The molecular formula is C21H23ClN6O6. The fourth-order valence-corrected chi connectivity index (χ4v) is 4.02. The van der Waals surface area contributed by atoms with Crippen molar-refractivity contribution in [1.82, 2.24) is 25.7 Å². The van der Waals surface area contributed by atoms with Crippen LogP contribution in [0.1, 0.15) is 48.9 Å². The van der Waals surface area contributed by atoms with Crippen molar-refractivity contribution >= 4 is 41.4 Å². The van der Waals surface area contributed by atoms with E-state index in [1.54, 1.807) is 12.1 Å². The van der Waals surface area contributed by atoms with E-state index in [1.165, 1.54) is 12.5 Å². The van der Waals surface area contributed by atoms with Crippen molar-refractivity contribution in [1.29, 1.82) is 0 Å². The lowest BCUT2D eigenvalue weighted by atomic mass is 9.77. The van der Waals surface area contributed by atoms with E-state index in [-0.39, 0.29) is 23.2 Å². The summed E-state index contributed by atoms with van der Waals surface area (Å²) in [6, 6.07) is 2.76. The highest BCUT2D eigenvalue weighted by Gasteiger charge is 2.52. The van der Waals surface area contributed by atoms with Gasteiger partial charge in [-0.15, -0.1) is 0 Å². The van der Waals surface area contributed by atoms with Gasteiger partial charge in [0, 0.05) is 0 Å². The highest BCUT2D eigenvalue weighted by molar-refractivity contribution is 6.33. The molecule has 2 aliphatic rings. The smallest absolute Gasteiger partial charge is 0.359 e. The minimum absolute atomic E-state index is 0.0727. The summed E-state index contributed by atoms with van der Waals surface area (Å²) in [6.07, 6.45) is 5.33. The molecule has 1 aliphatic carbocycles. The minimum Gasteiger partial charge on any atom is -0.467 e. The Hall–Kier alpha value is -3.67. The minimum atomic E-state index is -0.999. The Morgan fingerprint density at radius 3 is 2.82 bits per heavy atom. The number of hydrogen-bond acceptors (Lipinski definition) is 9. The zero-order valence-electron chi connectivity index (χ0n) is 18.3. The third kappa shape index (κ3) is 4.96. The molecule has 1 saturated carbocycles. The van der Waals surface area contributed by atoms with Crippen LogP contribution in [0.15, 0.2) is 29.0 Å². The van der Waals surface area contributed by atoms with E-state index in [0.29, 0.717) is 29.5 Å². The zero-order valence-corrected chi connectivity index (χ0v) is 19.1. The summed E-state index contributed by atoms with van der Waals surface area (Å²) >= 11 is 6.00. The van der Waals surface area contributed by atoms with Crippen molar-refractivity contribution in [2.75, 3.05) is 11.9 Å². The molecule has 1 aliphatic heterocycles.